The summed E-state index contributed by atoms with van der Waals surface area (Å²) in [6, 6.07) is 0. The van der Waals surface area contributed by atoms with E-state index in [4.69, 9.17) is 4.74 Å². The maximum Gasteiger partial charge on any atom is 0.421 e. The molecule has 0 saturated carbocycles. The van der Waals surface area contributed by atoms with Gasteiger partial charge in [0.25, 0.3) is 0 Å². The largest absolute Gasteiger partial charge is 0.476 e. The van der Waals surface area contributed by atoms with E-state index < -0.39 is 40.2 Å². The highest BCUT2D eigenvalue weighted by Gasteiger charge is 2.39. The molecule has 2 rings (SSSR count). The fraction of sp³-hybridized carbons (Fsp3) is 0.450. The standard InChI is InChI=1S/C20H22F3N3O4/c1-11-15(17(27)28)25-26(18(2,3)4)16(11)30-13-10-24-9-12(7-8-19(5,6)29)14(13)20(21,22)23/h9-10,29H,1-6H3,(H,27,28). The Morgan fingerprint density at radius 2 is 1.77 bits per heavy atom. The van der Waals surface area contributed by atoms with Gasteiger partial charge in [-0.3, -0.25) is 4.98 Å². The summed E-state index contributed by atoms with van der Waals surface area (Å²) in [5.74, 6) is 2.47. The number of nitrogens with zero attached hydrogens (tertiary/aromatic N) is 3. The lowest BCUT2D eigenvalue weighted by atomic mass is 10.1. The van der Waals surface area contributed by atoms with Crippen LogP contribution < -0.4 is 4.74 Å². The van der Waals surface area contributed by atoms with E-state index in [0.29, 0.717) is 0 Å². The second kappa shape index (κ2) is 7.65. The summed E-state index contributed by atoms with van der Waals surface area (Å²) in [5, 5.41) is 23.1. The number of ether oxygens (including phenoxy) is 1. The average Bonchev–Trinajstić information content (AvgIpc) is 2.88. The second-order valence-corrected chi connectivity index (χ2v) is 8.14. The van der Waals surface area contributed by atoms with E-state index in [1.54, 1.807) is 20.8 Å². The summed E-state index contributed by atoms with van der Waals surface area (Å²) >= 11 is 0. The molecule has 0 fully saturated rings. The van der Waals surface area contributed by atoms with Gasteiger partial charge in [-0.25, -0.2) is 9.48 Å². The molecule has 0 saturated heterocycles. The topological polar surface area (TPSA) is 97.5 Å². The molecule has 0 amide bonds. The van der Waals surface area contributed by atoms with Crippen molar-refractivity contribution in [3.63, 3.8) is 0 Å². The van der Waals surface area contributed by atoms with E-state index in [-0.39, 0.29) is 17.1 Å². The van der Waals surface area contributed by atoms with Crippen molar-refractivity contribution < 1.29 is 32.9 Å². The fourth-order valence-corrected chi connectivity index (χ4v) is 2.49. The molecule has 0 aromatic carbocycles. The van der Waals surface area contributed by atoms with E-state index in [1.165, 1.54) is 25.5 Å². The number of pyridine rings is 1. The molecule has 2 aromatic heterocycles. The first-order chi connectivity index (χ1) is 13.5. The molecule has 2 N–H and O–H groups in total. The molecule has 0 aliphatic carbocycles. The molecule has 162 valence electrons. The minimum Gasteiger partial charge on any atom is -0.476 e. The van der Waals surface area contributed by atoms with Crippen LogP contribution >= 0.6 is 0 Å². The van der Waals surface area contributed by atoms with E-state index in [9.17, 15) is 28.2 Å². The van der Waals surface area contributed by atoms with E-state index >= 15 is 0 Å². The van der Waals surface area contributed by atoms with Crippen LogP contribution in [0, 0.1) is 18.8 Å². The zero-order valence-electron chi connectivity index (χ0n) is 17.3. The van der Waals surface area contributed by atoms with Crippen molar-refractivity contribution in [1.82, 2.24) is 14.8 Å². The van der Waals surface area contributed by atoms with Gasteiger partial charge in [0.15, 0.2) is 11.4 Å². The number of carboxylic acid groups (broad SMARTS) is 1. The van der Waals surface area contributed by atoms with Crippen molar-refractivity contribution in [1.29, 1.82) is 0 Å². The van der Waals surface area contributed by atoms with Gasteiger partial charge in [-0.2, -0.15) is 18.3 Å². The van der Waals surface area contributed by atoms with Gasteiger partial charge in [0, 0.05) is 11.8 Å². The van der Waals surface area contributed by atoms with E-state index in [2.05, 4.69) is 21.9 Å². The van der Waals surface area contributed by atoms with Crippen molar-refractivity contribution in [2.45, 2.75) is 58.9 Å². The van der Waals surface area contributed by atoms with Gasteiger partial charge in [-0.05, 0) is 41.5 Å². The third kappa shape index (κ3) is 5.10. The predicted molar refractivity (Wildman–Crippen MR) is 101 cm³/mol. The first-order valence-electron chi connectivity index (χ1n) is 8.84. The Labute approximate surface area is 171 Å². The maximum atomic E-state index is 13.8. The second-order valence-electron chi connectivity index (χ2n) is 8.14. The number of aromatic nitrogens is 3. The van der Waals surface area contributed by atoms with Crippen molar-refractivity contribution in [2.24, 2.45) is 0 Å². The highest BCUT2D eigenvalue weighted by molar-refractivity contribution is 5.87. The SMILES string of the molecule is Cc1c(C(=O)O)nn(C(C)(C)C)c1Oc1cncc(C#CC(C)(C)O)c1C(F)(F)F. The van der Waals surface area contributed by atoms with Crippen LogP contribution in [-0.2, 0) is 11.7 Å². The Kier molecular flexibility index (Phi) is 5.92. The van der Waals surface area contributed by atoms with Gasteiger partial charge in [-0.1, -0.05) is 11.8 Å². The number of hydrogen-bond acceptors (Lipinski definition) is 5. The van der Waals surface area contributed by atoms with Crippen LogP contribution in [0.1, 0.15) is 61.8 Å². The number of rotatable bonds is 3. The van der Waals surface area contributed by atoms with Crippen molar-refractivity contribution in [3.8, 4) is 23.5 Å². The van der Waals surface area contributed by atoms with Crippen molar-refractivity contribution in [2.75, 3.05) is 0 Å². The number of hydrogen-bond donors (Lipinski definition) is 2. The molecule has 0 unspecified atom stereocenters. The zero-order valence-corrected chi connectivity index (χ0v) is 17.3. The molecular weight excluding hydrogens is 403 g/mol. The molecule has 0 atom stereocenters. The molecule has 7 nitrogen and oxygen atoms in total. The lowest BCUT2D eigenvalue weighted by molar-refractivity contribution is -0.138. The van der Waals surface area contributed by atoms with Gasteiger partial charge in [0.2, 0.25) is 5.88 Å². The van der Waals surface area contributed by atoms with Gasteiger partial charge in [0.05, 0.1) is 17.3 Å². The first-order valence-corrected chi connectivity index (χ1v) is 8.84. The summed E-state index contributed by atoms with van der Waals surface area (Å²) < 4.78 is 48.3. The van der Waals surface area contributed by atoms with Crippen LogP contribution in [0.4, 0.5) is 13.2 Å². The van der Waals surface area contributed by atoms with Gasteiger partial charge in [0.1, 0.15) is 11.2 Å². The van der Waals surface area contributed by atoms with E-state index in [0.717, 1.165) is 12.4 Å². The highest BCUT2D eigenvalue weighted by Crippen LogP contribution is 2.41. The maximum absolute atomic E-state index is 13.8. The number of aromatic carboxylic acids is 1. The summed E-state index contributed by atoms with van der Waals surface area (Å²) in [7, 11) is 0. The molecule has 2 heterocycles. The molecule has 0 aliphatic rings. The summed E-state index contributed by atoms with van der Waals surface area (Å²) in [6.45, 7) is 9.16. The summed E-state index contributed by atoms with van der Waals surface area (Å²) in [5.41, 5.74) is -4.24. The Hall–Kier alpha value is -3.06. The van der Waals surface area contributed by atoms with Crippen LogP contribution in [0.5, 0.6) is 11.6 Å². The van der Waals surface area contributed by atoms with Gasteiger partial charge in [-0.15, -0.1) is 0 Å². The summed E-state index contributed by atoms with van der Waals surface area (Å²) in [6.07, 6.45) is -3.05. The Balaban J connectivity index is 2.73. The molecule has 0 aliphatic heterocycles. The summed E-state index contributed by atoms with van der Waals surface area (Å²) in [4.78, 5) is 15.2. The molecule has 30 heavy (non-hydrogen) atoms. The number of carboxylic acids is 1. The van der Waals surface area contributed by atoms with E-state index in [1.807, 2.05) is 0 Å². The minimum absolute atomic E-state index is 0.0681. The van der Waals surface area contributed by atoms with Crippen molar-refractivity contribution >= 4 is 5.97 Å². The number of alkyl halides is 3. The Morgan fingerprint density at radius 1 is 1.17 bits per heavy atom. The Bertz CT molecular complexity index is 1030. The van der Waals surface area contributed by atoms with Crippen LogP contribution in [0.2, 0.25) is 0 Å². The first kappa shape index (κ1) is 23.2. The van der Waals surface area contributed by atoms with Crippen LogP contribution in [0.3, 0.4) is 0 Å². The number of halogens is 3. The lowest BCUT2D eigenvalue weighted by Gasteiger charge is -2.23. The smallest absolute Gasteiger partial charge is 0.421 e. The average molecular weight is 425 g/mol. The quantitative estimate of drug-likeness (QED) is 0.723. The molecular formula is C20H22F3N3O4. The predicted octanol–water partition coefficient (Wildman–Crippen LogP) is 3.97. The van der Waals surface area contributed by atoms with Crippen LogP contribution in [0.25, 0.3) is 0 Å². The molecule has 10 heteroatoms. The Morgan fingerprint density at radius 3 is 2.23 bits per heavy atom. The van der Waals surface area contributed by atoms with Gasteiger partial charge < -0.3 is 14.9 Å². The monoisotopic (exact) mass is 425 g/mol. The zero-order chi connectivity index (χ0) is 23.1. The number of aliphatic hydroxyl groups is 1. The highest BCUT2D eigenvalue weighted by atomic mass is 19.4. The van der Waals surface area contributed by atoms with Crippen molar-refractivity contribution in [3.05, 3.63) is 34.8 Å². The van der Waals surface area contributed by atoms with Crippen LogP contribution in [-0.4, -0.2) is 36.5 Å². The van der Waals surface area contributed by atoms with Gasteiger partial charge >= 0.3 is 12.1 Å². The molecule has 0 bridgehead atoms. The normalized spacial score (nSPS) is 12.3. The molecule has 0 radical (unpaired) electrons. The lowest BCUT2D eigenvalue weighted by Crippen LogP contribution is -2.24. The molecule has 2 aromatic rings. The molecule has 0 spiro atoms. The third-order valence-electron chi connectivity index (χ3n) is 3.81. The number of carbonyl (C=O) groups is 1. The van der Waals surface area contributed by atoms with Crippen LogP contribution in [0.15, 0.2) is 12.4 Å². The minimum atomic E-state index is -4.85. The third-order valence-corrected chi connectivity index (χ3v) is 3.81. The fourth-order valence-electron chi connectivity index (χ4n) is 2.49.